The summed E-state index contributed by atoms with van der Waals surface area (Å²) in [4.78, 5) is 34.3. The fourth-order valence-corrected chi connectivity index (χ4v) is 2.59. The Balaban J connectivity index is 1.54. The monoisotopic (exact) mass is 351 g/mol. The number of hydrogen-bond donors (Lipinski definition) is 0. The normalized spacial score (nSPS) is 16.9. The minimum absolute atomic E-state index is 0.0246. The topological polar surface area (TPSA) is 95.7 Å². The van der Waals surface area contributed by atoms with Gasteiger partial charge in [-0.1, -0.05) is 0 Å². The predicted molar refractivity (Wildman–Crippen MR) is 90.8 cm³/mol. The van der Waals surface area contributed by atoms with Crippen molar-refractivity contribution in [3.63, 3.8) is 0 Å². The van der Waals surface area contributed by atoms with E-state index in [9.17, 15) is 19.7 Å². The zero-order valence-corrected chi connectivity index (χ0v) is 13.5. The summed E-state index contributed by atoms with van der Waals surface area (Å²) in [6.45, 7) is 0. The molecule has 0 aromatic heterocycles. The average Bonchev–Trinajstić information content (AvgIpc) is 3.42. The molecule has 0 radical (unpaired) electrons. The van der Waals surface area contributed by atoms with Gasteiger partial charge in [-0.25, -0.2) is 0 Å². The van der Waals surface area contributed by atoms with Crippen molar-refractivity contribution in [3.8, 4) is 11.5 Å². The molecule has 1 aliphatic heterocycles. The number of carbonyl (C=O) groups excluding carboxylic acids is 2. The van der Waals surface area contributed by atoms with Crippen LogP contribution in [0.25, 0.3) is 6.08 Å². The minimum Gasteiger partial charge on any atom is -0.452 e. The molecule has 0 spiro atoms. The molecule has 0 atom stereocenters. The molecule has 2 aromatic carbocycles. The lowest BCUT2D eigenvalue weighted by molar-refractivity contribution is -0.384. The Hall–Kier alpha value is -3.48. The highest BCUT2D eigenvalue weighted by molar-refractivity contribution is 6.14. The second-order valence-corrected chi connectivity index (χ2v) is 6.14. The number of non-ortho nitro benzene ring substituents is 1. The van der Waals surface area contributed by atoms with E-state index in [0.29, 0.717) is 22.6 Å². The number of benzene rings is 2. The van der Waals surface area contributed by atoms with Crippen molar-refractivity contribution in [2.24, 2.45) is 5.92 Å². The third kappa shape index (κ3) is 3.06. The molecule has 0 amide bonds. The van der Waals surface area contributed by atoms with Crippen molar-refractivity contribution >= 4 is 23.5 Å². The van der Waals surface area contributed by atoms with E-state index in [-0.39, 0.29) is 29.1 Å². The fourth-order valence-electron chi connectivity index (χ4n) is 2.59. The molecule has 0 bridgehead atoms. The maximum Gasteiger partial charge on any atom is 0.314 e. The number of esters is 1. The van der Waals surface area contributed by atoms with E-state index in [0.717, 1.165) is 12.8 Å². The SMILES string of the molecule is O=C1/C(=C/c2ccc([N+](=O)[O-])cc2)Oc2cc(OC(=O)C3CC3)ccc21. The van der Waals surface area contributed by atoms with Crippen molar-refractivity contribution in [3.05, 3.63) is 69.5 Å². The fraction of sp³-hybridized carbons (Fsp3) is 0.158. The van der Waals surface area contributed by atoms with E-state index in [1.807, 2.05) is 0 Å². The maximum absolute atomic E-state index is 12.4. The Morgan fingerprint density at radius 3 is 2.58 bits per heavy atom. The lowest BCUT2D eigenvalue weighted by Gasteiger charge is -2.04. The molecule has 1 aliphatic carbocycles. The molecular formula is C19H13NO6. The van der Waals surface area contributed by atoms with Crippen molar-refractivity contribution in [1.82, 2.24) is 0 Å². The first-order valence-electron chi connectivity index (χ1n) is 8.06. The molecule has 7 nitrogen and oxygen atoms in total. The van der Waals surface area contributed by atoms with Crippen LogP contribution in [0.15, 0.2) is 48.2 Å². The largest absolute Gasteiger partial charge is 0.452 e. The third-order valence-corrected chi connectivity index (χ3v) is 4.17. The molecule has 0 unspecified atom stereocenters. The number of fused-ring (bicyclic) bond motifs is 1. The Kier molecular flexibility index (Phi) is 3.76. The van der Waals surface area contributed by atoms with Crippen LogP contribution in [0, 0.1) is 16.0 Å². The van der Waals surface area contributed by atoms with Crippen LogP contribution < -0.4 is 9.47 Å². The highest BCUT2D eigenvalue weighted by atomic mass is 16.6. The molecular weight excluding hydrogens is 338 g/mol. The summed E-state index contributed by atoms with van der Waals surface area (Å²) in [5.41, 5.74) is 0.952. The third-order valence-electron chi connectivity index (χ3n) is 4.17. The van der Waals surface area contributed by atoms with Gasteiger partial charge in [-0.2, -0.15) is 0 Å². The first kappa shape index (κ1) is 16.0. The summed E-state index contributed by atoms with van der Waals surface area (Å²) in [5.74, 6) is 0.187. The smallest absolute Gasteiger partial charge is 0.314 e. The number of carbonyl (C=O) groups is 2. The van der Waals surface area contributed by atoms with Crippen LogP contribution in [-0.2, 0) is 4.79 Å². The summed E-state index contributed by atoms with van der Waals surface area (Å²) < 4.78 is 10.9. The van der Waals surface area contributed by atoms with Crippen LogP contribution in [0.2, 0.25) is 0 Å². The van der Waals surface area contributed by atoms with E-state index in [1.54, 1.807) is 12.1 Å². The number of ether oxygens (including phenoxy) is 2. The highest BCUT2D eigenvalue weighted by Gasteiger charge is 2.32. The van der Waals surface area contributed by atoms with Crippen molar-refractivity contribution in [1.29, 1.82) is 0 Å². The number of Topliss-reactive ketones (excluding diaryl/α,β-unsaturated/α-hetero) is 1. The van der Waals surface area contributed by atoms with Crippen molar-refractivity contribution < 1.29 is 24.0 Å². The van der Waals surface area contributed by atoms with Crippen LogP contribution in [-0.4, -0.2) is 16.7 Å². The van der Waals surface area contributed by atoms with Crippen LogP contribution >= 0.6 is 0 Å². The molecule has 2 aromatic rings. The second-order valence-electron chi connectivity index (χ2n) is 6.14. The van der Waals surface area contributed by atoms with Crippen LogP contribution in [0.4, 0.5) is 5.69 Å². The van der Waals surface area contributed by atoms with Gasteiger partial charge in [0.25, 0.3) is 5.69 Å². The van der Waals surface area contributed by atoms with Gasteiger partial charge in [-0.05, 0) is 48.7 Å². The van der Waals surface area contributed by atoms with Gasteiger partial charge in [0, 0.05) is 18.2 Å². The maximum atomic E-state index is 12.4. The van der Waals surface area contributed by atoms with Gasteiger partial charge in [0.15, 0.2) is 5.76 Å². The molecule has 2 aliphatic rings. The number of rotatable bonds is 4. The van der Waals surface area contributed by atoms with Gasteiger partial charge in [0.2, 0.25) is 5.78 Å². The molecule has 0 N–H and O–H groups in total. The van der Waals surface area contributed by atoms with E-state index in [2.05, 4.69) is 0 Å². The van der Waals surface area contributed by atoms with Crippen molar-refractivity contribution in [2.45, 2.75) is 12.8 Å². The summed E-state index contributed by atoms with van der Waals surface area (Å²) in [6.07, 6.45) is 3.21. The lowest BCUT2D eigenvalue weighted by atomic mass is 10.1. The molecule has 1 heterocycles. The zero-order chi connectivity index (χ0) is 18.3. The summed E-state index contributed by atoms with van der Waals surface area (Å²) in [6, 6.07) is 10.4. The number of nitro groups is 1. The lowest BCUT2D eigenvalue weighted by Crippen LogP contribution is -2.09. The molecule has 0 saturated heterocycles. The van der Waals surface area contributed by atoms with E-state index >= 15 is 0 Å². The van der Waals surface area contributed by atoms with E-state index in [1.165, 1.54) is 36.4 Å². The Labute approximate surface area is 148 Å². The molecule has 130 valence electrons. The predicted octanol–water partition coefficient (Wildman–Crippen LogP) is 3.53. The van der Waals surface area contributed by atoms with Gasteiger partial charge in [0.05, 0.1) is 16.4 Å². The number of ketones is 1. The number of allylic oxidation sites excluding steroid dienone is 1. The summed E-state index contributed by atoms with van der Waals surface area (Å²) in [7, 11) is 0. The van der Waals surface area contributed by atoms with Gasteiger partial charge < -0.3 is 9.47 Å². The number of hydrogen-bond acceptors (Lipinski definition) is 6. The summed E-state index contributed by atoms with van der Waals surface area (Å²) in [5, 5.41) is 10.7. The number of nitrogens with zero attached hydrogens (tertiary/aromatic N) is 1. The standard InChI is InChI=1S/C19H13NO6/c21-18-15-8-7-14(25-19(22)12-3-4-12)10-16(15)26-17(18)9-11-1-5-13(6-2-11)20(23)24/h1-2,5-10,12H,3-4H2/b17-9-. The molecule has 1 saturated carbocycles. The van der Waals surface area contributed by atoms with Gasteiger partial charge in [-0.15, -0.1) is 0 Å². The van der Waals surface area contributed by atoms with E-state index < -0.39 is 4.92 Å². The van der Waals surface area contributed by atoms with Gasteiger partial charge >= 0.3 is 5.97 Å². The van der Waals surface area contributed by atoms with Gasteiger partial charge in [-0.3, -0.25) is 19.7 Å². The van der Waals surface area contributed by atoms with E-state index in [4.69, 9.17) is 9.47 Å². The minimum atomic E-state index is -0.492. The highest BCUT2D eigenvalue weighted by Crippen LogP contribution is 2.36. The number of nitro benzene ring substituents is 1. The Morgan fingerprint density at radius 1 is 1.19 bits per heavy atom. The Bertz CT molecular complexity index is 956. The van der Waals surface area contributed by atoms with Gasteiger partial charge in [0.1, 0.15) is 11.5 Å². The van der Waals surface area contributed by atoms with Crippen molar-refractivity contribution in [2.75, 3.05) is 0 Å². The molecule has 26 heavy (non-hydrogen) atoms. The second kappa shape index (κ2) is 6.11. The molecule has 7 heteroatoms. The average molecular weight is 351 g/mol. The zero-order valence-electron chi connectivity index (χ0n) is 13.5. The summed E-state index contributed by atoms with van der Waals surface area (Å²) >= 11 is 0. The first-order chi connectivity index (χ1) is 12.5. The first-order valence-corrected chi connectivity index (χ1v) is 8.06. The Morgan fingerprint density at radius 2 is 1.92 bits per heavy atom. The molecule has 1 fully saturated rings. The van der Waals surface area contributed by atoms with Crippen LogP contribution in [0.1, 0.15) is 28.8 Å². The molecule has 4 rings (SSSR count). The van der Waals surface area contributed by atoms with Crippen LogP contribution in [0.3, 0.4) is 0 Å². The quantitative estimate of drug-likeness (QED) is 0.275. The van der Waals surface area contributed by atoms with Crippen LogP contribution in [0.5, 0.6) is 11.5 Å².